The molecule has 0 aliphatic heterocycles. The predicted octanol–water partition coefficient (Wildman–Crippen LogP) is 4.94. The van der Waals surface area contributed by atoms with Crippen LogP contribution in [0, 0.1) is 0 Å². The van der Waals surface area contributed by atoms with Gasteiger partial charge in [-0.15, -0.1) is 11.3 Å². The summed E-state index contributed by atoms with van der Waals surface area (Å²) < 4.78 is 0. The number of hydrogen-bond donors (Lipinski definition) is 2. The number of nitrogens with zero attached hydrogens (tertiary/aromatic N) is 1. The summed E-state index contributed by atoms with van der Waals surface area (Å²) in [5.41, 5.74) is 17.7. The van der Waals surface area contributed by atoms with Gasteiger partial charge in [0.2, 0.25) is 0 Å². The Bertz CT molecular complexity index is 830. The van der Waals surface area contributed by atoms with E-state index < -0.39 is 0 Å². The van der Waals surface area contributed by atoms with Gasteiger partial charge in [0.15, 0.2) is 0 Å². The van der Waals surface area contributed by atoms with Crippen LogP contribution in [0.2, 0.25) is 0 Å². The third-order valence-electron chi connectivity index (χ3n) is 3.80. The van der Waals surface area contributed by atoms with Crippen LogP contribution in [-0.4, -0.2) is 4.98 Å². The Morgan fingerprint density at radius 3 is 2.26 bits per heavy atom. The molecule has 3 nitrogen and oxygen atoms in total. The molecule has 0 saturated carbocycles. The fourth-order valence-corrected chi connectivity index (χ4v) is 4.16. The van der Waals surface area contributed by atoms with Crippen molar-refractivity contribution < 1.29 is 0 Å². The van der Waals surface area contributed by atoms with Crippen LogP contribution in [0.5, 0.6) is 0 Å². The van der Waals surface area contributed by atoms with Crippen LogP contribution in [0.15, 0.2) is 48.8 Å². The molecule has 0 atom stereocenters. The van der Waals surface area contributed by atoms with Crippen LogP contribution in [-0.2, 0) is 5.41 Å². The first-order chi connectivity index (χ1) is 10.9. The zero-order chi connectivity index (χ0) is 16.6. The van der Waals surface area contributed by atoms with Crippen molar-refractivity contribution in [2.24, 2.45) is 0 Å². The summed E-state index contributed by atoms with van der Waals surface area (Å²) >= 11 is 1.63. The zero-order valence-electron chi connectivity index (χ0n) is 13.6. The van der Waals surface area contributed by atoms with Gasteiger partial charge in [-0.1, -0.05) is 32.9 Å². The van der Waals surface area contributed by atoms with Gasteiger partial charge in [0.25, 0.3) is 0 Å². The van der Waals surface area contributed by atoms with Gasteiger partial charge in [-0.05, 0) is 46.4 Å². The molecule has 4 N–H and O–H groups in total. The molecule has 0 aliphatic rings. The summed E-state index contributed by atoms with van der Waals surface area (Å²) in [5.74, 6) is 0. The second-order valence-electron chi connectivity index (χ2n) is 6.66. The summed E-state index contributed by atoms with van der Waals surface area (Å²) in [4.78, 5) is 5.32. The number of hydrogen-bond acceptors (Lipinski definition) is 4. The molecule has 4 heteroatoms. The fraction of sp³-hybridized carbons (Fsp3) is 0.211. The summed E-state index contributed by atoms with van der Waals surface area (Å²) in [7, 11) is 0. The normalized spacial score (nSPS) is 11.6. The molecular weight excluding hydrogens is 302 g/mol. The summed E-state index contributed by atoms with van der Waals surface area (Å²) in [6.45, 7) is 6.65. The van der Waals surface area contributed by atoms with Crippen molar-refractivity contribution in [3.8, 4) is 21.6 Å². The van der Waals surface area contributed by atoms with Crippen LogP contribution in [0.4, 0.5) is 10.7 Å². The second-order valence-corrected chi connectivity index (χ2v) is 7.71. The number of aromatic nitrogens is 1. The molecule has 0 fully saturated rings. The van der Waals surface area contributed by atoms with Gasteiger partial charge >= 0.3 is 0 Å². The first kappa shape index (κ1) is 15.6. The van der Waals surface area contributed by atoms with E-state index in [9.17, 15) is 0 Å². The van der Waals surface area contributed by atoms with E-state index in [0.717, 1.165) is 27.4 Å². The maximum Gasteiger partial charge on any atom is 0.0945 e. The SMILES string of the molecule is CC(C)(C)c1c(-c2ccncc2)sc(N)c1-c1cccc(N)c1. The van der Waals surface area contributed by atoms with E-state index in [4.69, 9.17) is 11.5 Å². The topological polar surface area (TPSA) is 64.9 Å². The highest BCUT2D eigenvalue weighted by atomic mass is 32.1. The van der Waals surface area contributed by atoms with E-state index in [1.807, 2.05) is 42.7 Å². The lowest BCUT2D eigenvalue weighted by molar-refractivity contribution is 0.596. The highest BCUT2D eigenvalue weighted by Crippen LogP contribution is 2.49. The average Bonchev–Trinajstić information content (AvgIpc) is 2.86. The van der Waals surface area contributed by atoms with Crippen molar-refractivity contribution in [1.29, 1.82) is 0 Å². The van der Waals surface area contributed by atoms with E-state index >= 15 is 0 Å². The molecular formula is C19H21N3S. The Morgan fingerprint density at radius 1 is 0.957 bits per heavy atom. The molecule has 118 valence electrons. The largest absolute Gasteiger partial charge is 0.399 e. The van der Waals surface area contributed by atoms with Gasteiger partial charge < -0.3 is 11.5 Å². The van der Waals surface area contributed by atoms with Gasteiger partial charge in [-0.2, -0.15) is 0 Å². The Kier molecular flexibility index (Phi) is 3.86. The van der Waals surface area contributed by atoms with Crippen molar-refractivity contribution in [1.82, 2.24) is 4.98 Å². The highest BCUT2D eigenvalue weighted by Gasteiger charge is 2.28. The minimum absolute atomic E-state index is 0.0351. The fourth-order valence-electron chi connectivity index (χ4n) is 2.85. The minimum Gasteiger partial charge on any atom is -0.399 e. The molecule has 0 radical (unpaired) electrons. The highest BCUT2D eigenvalue weighted by molar-refractivity contribution is 7.20. The van der Waals surface area contributed by atoms with Crippen molar-refractivity contribution in [3.05, 3.63) is 54.4 Å². The molecule has 23 heavy (non-hydrogen) atoms. The lowest BCUT2D eigenvalue weighted by Gasteiger charge is -2.23. The van der Waals surface area contributed by atoms with E-state index in [1.165, 1.54) is 10.4 Å². The predicted molar refractivity (Wildman–Crippen MR) is 101 cm³/mol. The molecule has 0 aliphatic carbocycles. The maximum absolute atomic E-state index is 6.42. The lowest BCUT2D eigenvalue weighted by atomic mass is 9.81. The van der Waals surface area contributed by atoms with E-state index in [-0.39, 0.29) is 5.41 Å². The summed E-state index contributed by atoms with van der Waals surface area (Å²) in [5, 5.41) is 0.826. The molecule has 0 amide bonds. The molecule has 1 aromatic carbocycles. The second kappa shape index (κ2) is 5.70. The van der Waals surface area contributed by atoms with Crippen LogP contribution in [0.3, 0.4) is 0 Å². The van der Waals surface area contributed by atoms with Crippen LogP contribution in [0.1, 0.15) is 26.3 Å². The third kappa shape index (κ3) is 2.94. The van der Waals surface area contributed by atoms with Crippen LogP contribution < -0.4 is 11.5 Å². The molecule has 2 aromatic heterocycles. The Morgan fingerprint density at radius 2 is 1.65 bits per heavy atom. The van der Waals surface area contributed by atoms with Gasteiger partial charge in [-0.25, -0.2) is 0 Å². The first-order valence-corrected chi connectivity index (χ1v) is 8.38. The van der Waals surface area contributed by atoms with E-state index in [2.05, 4.69) is 31.8 Å². The van der Waals surface area contributed by atoms with Crippen molar-refractivity contribution in [2.45, 2.75) is 26.2 Å². The smallest absolute Gasteiger partial charge is 0.0945 e. The van der Waals surface area contributed by atoms with E-state index in [0.29, 0.717) is 0 Å². The summed E-state index contributed by atoms with van der Waals surface area (Å²) in [6.07, 6.45) is 3.63. The number of nitrogen functional groups attached to an aromatic ring is 2. The third-order valence-corrected chi connectivity index (χ3v) is 4.87. The maximum atomic E-state index is 6.42. The molecule has 2 heterocycles. The van der Waals surface area contributed by atoms with E-state index in [1.54, 1.807) is 11.3 Å². The van der Waals surface area contributed by atoms with Gasteiger partial charge in [-0.3, -0.25) is 4.98 Å². The Hall–Kier alpha value is -2.33. The number of anilines is 2. The van der Waals surface area contributed by atoms with Crippen molar-refractivity contribution in [2.75, 3.05) is 11.5 Å². The Balaban J connectivity index is 2.31. The van der Waals surface area contributed by atoms with Gasteiger partial charge in [0, 0.05) is 28.5 Å². The molecule has 3 aromatic rings. The first-order valence-electron chi connectivity index (χ1n) is 7.57. The molecule has 0 spiro atoms. The molecule has 0 bridgehead atoms. The average molecular weight is 323 g/mol. The lowest BCUT2D eigenvalue weighted by Crippen LogP contribution is -2.13. The molecule has 3 rings (SSSR count). The van der Waals surface area contributed by atoms with Crippen LogP contribution in [0.25, 0.3) is 21.6 Å². The quantitative estimate of drug-likeness (QED) is 0.657. The Labute approximate surface area is 141 Å². The van der Waals surface area contributed by atoms with Gasteiger partial charge in [0.05, 0.1) is 5.00 Å². The number of nitrogens with two attached hydrogens (primary N) is 2. The van der Waals surface area contributed by atoms with Gasteiger partial charge in [0.1, 0.15) is 0 Å². The summed E-state index contributed by atoms with van der Waals surface area (Å²) in [6, 6.07) is 12.0. The molecule has 0 unspecified atom stereocenters. The zero-order valence-corrected chi connectivity index (χ0v) is 14.4. The number of rotatable bonds is 2. The minimum atomic E-state index is -0.0351. The van der Waals surface area contributed by atoms with Crippen molar-refractivity contribution in [3.63, 3.8) is 0 Å². The van der Waals surface area contributed by atoms with Crippen LogP contribution >= 0.6 is 11.3 Å². The standard InChI is InChI=1S/C19H21N3S/c1-19(2,3)16-15(13-5-4-6-14(20)11-13)18(21)23-17(16)12-7-9-22-10-8-12/h4-11H,20-21H2,1-3H3. The van der Waals surface area contributed by atoms with Crippen molar-refractivity contribution >= 4 is 22.0 Å². The number of thiophene rings is 1. The number of pyridine rings is 1. The number of benzene rings is 1. The monoisotopic (exact) mass is 323 g/mol. The molecule has 0 saturated heterocycles.